The van der Waals surface area contributed by atoms with E-state index >= 15 is 0 Å². The normalized spacial score (nSPS) is 10.3. The molecule has 7 heteroatoms. The number of nitrogens with one attached hydrogen (secondary N) is 1. The van der Waals surface area contributed by atoms with Crippen LogP contribution in [0.5, 0.6) is 0 Å². The Hall–Kier alpha value is -2.44. The number of rotatable bonds is 2. The Morgan fingerprint density at radius 2 is 2.00 bits per heavy atom. The topological polar surface area (TPSA) is 88.0 Å². The summed E-state index contributed by atoms with van der Waals surface area (Å²) >= 11 is 0. The molecule has 0 amide bonds. The summed E-state index contributed by atoms with van der Waals surface area (Å²) in [5.41, 5.74) is -0.404. The Kier molecular flexibility index (Phi) is 2.28. The van der Waals surface area contributed by atoms with E-state index in [-0.39, 0.29) is 5.69 Å². The first-order valence-corrected chi connectivity index (χ1v) is 4.26. The van der Waals surface area contributed by atoms with Crippen LogP contribution < -0.4 is 5.69 Å². The molecule has 0 atom stereocenters. The molecule has 1 aromatic heterocycles. The molecule has 0 radical (unpaired) electrons. The SMILES string of the molecule is O=C(O)c1nn(-c2ccc(F)cc2)c(=O)[nH]1. The summed E-state index contributed by atoms with van der Waals surface area (Å²) in [6.45, 7) is 0. The first kappa shape index (κ1) is 10.1. The van der Waals surface area contributed by atoms with E-state index < -0.39 is 23.3 Å². The molecule has 1 heterocycles. The lowest BCUT2D eigenvalue weighted by atomic mass is 10.3. The summed E-state index contributed by atoms with van der Waals surface area (Å²) < 4.78 is 13.5. The Morgan fingerprint density at radius 3 is 2.50 bits per heavy atom. The average Bonchev–Trinajstić information content (AvgIpc) is 2.62. The van der Waals surface area contributed by atoms with Gasteiger partial charge in [-0.2, -0.15) is 4.68 Å². The molecule has 0 aliphatic carbocycles. The summed E-state index contributed by atoms with van der Waals surface area (Å²) in [7, 11) is 0. The van der Waals surface area contributed by atoms with Gasteiger partial charge < -0.3 is 5.11 Å². The van der Waals surface area contributed by atoms with Crippen molar-refractivity contribution in [3.63, 3.8) is 0 Å². The first-order valence-electron chi connectivity index (χ1n) is 4.26. The minimum atomic E-state index is -1.34. The van der Waals surface area contributed by atoms with Crippen molar-refractivity contribution in [1.82, 2.24) is 14.8 Å². The molecule has 82 valence electrons. The van der Waals surface area contributed by atoms with Crippen LogP contribution in [0.15, 0.2) is 29.1 Å². The number of aromatic carboxylic acids is 1. The van der Waals surface area contributed by atoms with Crippen LogP contribution in [0.25, 0.3) is 5.69 Å². The summed E-state index contributed by atoms with van der Waals surface area (Å²) in [6, 6.07) is 4.94. The van der Waals surface area contributed by atoms with Crippen LogP contribution in [-0.2, 0) is 0 Å². The zero-order valence-electron chi connectivity index (χ0n) is 7.85. The lowest BCUT2D eigenvalue weighted by Gasteiger charge is -1.97. The van der Waals surface area contributed by atoms with Gasteiger partial charge in [0.1, 0.15) is 5.82 Å². The zero-order chi connectivity index (χ0) is 11.7. The van der Waals surface area contributed by atoms with Gasteiger partial charge in [0.2, 0.25) is 5.82 Å². The summed E-state index contributed by atoms with van der Waals surface area (Å²) in [5, 5.41) is 12.1. The Labute approximate surface area is 88.0 Å². The average molecular weight is 223 g/mol. The van der Waals surface area contributed by atoms with Gasteiger partial charge in [0, 0.05) is 0 Å². The molecule has 6 nitrogen and oxygen atoms in total. The van der Waals surface area contributed by atoms with Gasteiger partial charge in [-0.15, -0.1) is 5.10 Å². The lowest BCUT2D eigenvalue weighted by molar-refractivity contribution is 0.0683. The van der Waals surface area contributed by atoms with E-state index in [2.05, 4.69) is 10.1 Å². The second-order valence-electron chi connectivity index (χ2n) is 2.97. The van der Waals surface area contributed by atoms with Crippen LogP contribution in [0.1, 0.15) is 10.6 Å². The number of aromatic amines is 1. The Bertz CT molecular complexity index is 585. The molecule has 0 unspecified atom stereocenters. The molecule has 0 saturated carbocycles. The molecule has 0 bridgehead atoms. The van der Waals surface area contributed by atoms with Gasteiger partial charge in [-0.3, -0.25) is 4.98 Å². The molecule has 2 rings (SSSR count). The fourth-order valence-corrected chi connectivity index (χ4v) is 1.18. The van der Waals surface area contributed by atoms with Crippen molar-refractivity contribution in [2.75, 3.05) is 0 Å². The fraction of sp³-hybridized carbons (Fsp3) is 0. The van der Waals surface area contributed by atoms with Gasteiger partial charge in [-0.05, 0) is 24.3 Å². The van der Waals surface area contributed by atoms with Gasteiger partial charge in [-0.25, -0.2) is 14.0 Å². The van der Waals surface area contributed by atoms with Crippen LogP contribution >= 0.6 is 0 Å². The maximum Gasteiger partial charge on any atom is 0.373 e. The van der Waals surface area contributed by atoms with Gasteiger partial charge >= 0.3 is 11.7 Å². The van der Waals surface area contributed by atoms with Crippen molar-refractivity contribution in [3.8, 4) is 5.69 Å². The maximum absolute atomic E-state index is 12.6. The number of carboxylic acids is 1. The van der Waals surface area contributed by atoms with Gasteiger partial charge in [0.05, 0.1) is 5.69 Å². The molecule has 0 aliphatic rings. The minimum Gasteiger partial charge on any atom is -0.475 e. The Balaban J connectivity index is 2.52. The van der Waals surface area contributed by atoms with E-state index in [4.69, 9.17) is 5.11 Å². The second-order valence-corrected chi connectivity index (χ2v) is 2.97. The van der Waals surface area contributed by atoms with Crippen LogP contribution in [0.2, 0.25) is 0 Å². The minimum absolute atomic E-state index is 0.287. The number of carbonyl (C=O) groups is 1. The predicted octanol–water partition coefficient (Wildman–Crippen LogP) is 0.398. The van der Waals surface area contributed by atoms with E-state index in [1.54, 1.807) is 0 Å². The smallest absolute Gasteiger partial charge is 0.373 e. The second kappa shape index (κ2) is 3.61. The summed E-state index contributed by atoms with van der Waals surface area (Å²) in [4.78, 5) is 23.9. The highest BCUT2D eigenvalue weighted by Crippen LogP contribution is 2.05. The number of hydrogen-bond acceptors (Lipinski definition) is 3. The van der Waals surface area contributed by atoms with Crippen LogP contribution in [0.4, 0.5) is 4.39 Å². The van der Waals surface area contributed by atoms with Gasteiger partial charge in [-0.1, -0.05) is 0 Å². The van der Waals surface area contributed by atoms with Gasteiger partial charge in [0.15, 0.2) is 0 Å². The number of H-pyrrole nitrogens is 1. The molecule has 2 aromatic rings. The van der Waals surface area contributed by atoms with Crippen molar-refractivity contribution in [3.05, 3.63) is 46.4 Å². The number of aromatic nitrogens is 3. The number of carboxylic acid groups (broad SMARTS) is 1. The summed E-state index contributed by atoms with van der Waals surface area (Å²) in [5.74, 6) is -2.25. The Morgan fingerprint density at radius 1 is 1.38 bits per heavy atom. The first-order chi connectivity index (χ1) is 7.58. The highest BCUT2D eigenvalue weighted by atomic mass is 19.1. The quantitative estimate of drug-likeness (QED) is 0.771. The molecular weight excluding hydrogens is 217 g/mol. The largest absolute Gasteiger partial charge is 0.475 e. The molecule has 0 spiro atoms. The number of hydrogen-bond donors (Lipinski definition) is 2. The van der Waals surface area contributed by atoms with Crippen molar-refractivity contribution in [2.24, 2.45) is 0 Å². The summed E-state index contributed by atoms with van der Waals surface area (Å²) in [6.07, 6.45) is 0. The standard InChI is InChI=1S/C9H6FN3O3/c10-5-1-3-6(4-2-5)13-9(16)11-7(12-13)8(14)15/h1-4H,(H,14,15)(H,11,12,16). The van der Waals surface area contributed by atoms with Crippen molar-refractivity contribution in [1.29, 1.82) is 0 Å². The van der Waals surface area contributed by atoms with E-state index in [9.17, 15) is 14.0 Å². The molecule has 2 N–H and O–H groups in total. The van der Waals surface area contributed by atoms with E-state index in [1.807, 2.05) is 0 Å². The van der Waals surface area contributed by atoms with Crippen LogP contribution in [0.3, 0.4) is 0 Å². The highest BCUT2D eigenvalue weighted by Gasteiger charge is 2.12. The monoisotopic (exact) mass is 223 g/mol. The van der Waals surface area contributed by atoms with Crippen molar-refractivity contribution in [2.45, 2.75) is 0 Å². The van der Waals surface area contributed by atoms with Crippen LogP contribution in [-0.4, -0.2) is 25.8 Å². The lowest BCUT2D eigenvalue weighted by Crippen LogP contribution is -2.15. The molecular formula is C9H6FN3O3. The van der Waals surface area contributed by atoms with E-state index in [0.29, 0.717) is 0 Å². The third-order valence-electron chi connectivity index (χ3n) is 1.89. The number of benzene rings is 1. The predicted molar refractivity (Wildman–Crippen MR) is 51.1 cm³/mol. The third kappa shape index (κ3) is 1.70. The number of nitrogens with zero attached hydrogens (tertiary/aromatic N) is 2. The van der Waals surface area contributed by atoms with Crippen molar-refractivity contribution >= 4 is 5.97 Å². The van der Waals surface area contributed by atoms with Crippen LogP contribution in [0, 0.1) is 5.82 Å². The molecule has 16 heavy (non-hydrogen) atoms. The fourth-order valence-electron chi connectivity index (χ4n) is 1.18. The van der Waals surface area contributed by atoms with Crippen molar-refractivity contribution < 1.29 is 14.3 Å². The molecule has 0 fully saturated rings. The molecule has 0 aliphatic heterocycles. The third-order valence-corrected chi connectivity index (χ3v) is 1.89. The maximum atomic E-state index is 12.6. The van der Waals surface area contributed by atoms with E-state index in [0.717, 1.165) is 16.8 Å². The molecule has 0 saturated heterocycles. The zero-order valence-corrected chi connectivity index (χ0v) is 7.85. The van der Waals surface area contributed by atoms with Gasteiger partial charge in [0.25, 0.3) is 0 Å². The van der Waals surface area contributed by atoms with E-state index in [1.165, 1.54) is 12.1 Å². The number of halogens is 1. The highest BCUT2D eigenvalue weighted by molar-refractivity contribution is 5.82. The molecule has 1 aromatic carbocycles.